The van der Waals surface area contributed by atoms with Crippen LogP contribution >= 0.6 is 0 Å². The second kappa shape index (κ2) is 9.08. The van der Waals surface area contributed by atoms with Gasteiger partial charge in [-0.15, -0.1) is 0 Å². The number of carbonyl (C=O) groups excluding carboxylic acids is 3. The number of hydrogen-bond acceptors (Lipinski definition) is 5. The van der Waals surface area contributed by atoms with E-state index in [9.17, 15) is 14.4 Å². The number of cyclic esters (lactones) is 1. The SMILES string of the molecule is CC(C)C[C@H](NC(=O)[C@H]1OC(=O)N[C@@H]1Cc1ccccc1)C(=O)OC(C)(C)C. The number of carbonyl (C=O) groups is 3. The lowest BCUT2D eigenvalue weighted by Gasteiger charge is -2.26. The second-order valence-corrected chi connectivity index (χ2v) is 8.49. The molecule has 2 rings (SSSR count). The highest BCUT2D eigenvalue weighted by Crippen LogP contribution is 2.17. The highest BCUT2D eigenvalue weighted by atomic mass is 16.6. The third-order valence-corrected chi connectivity index (χ3v) is 4.17. The minimum Gasteiger partial charge on any atom is -0.458 e. The first-order chi connectivity index (χ1) is 13.0. The standard InChI is InChI=1S/C21H30N2O5/c1-13(2)11-16(19(25)28-21(3,4)5)22-18(24)17-15(23-20(26)27-17)12-14-9-7-6-8-10-14/h6-10,13,15-17H,11-12H2,1-5H3,(H,22,24)(H,23,26)/t15-,16+,17+/m1/s1. The number of amides is 2. The number of alkyl carbamates (subject to hydrolysis) is 1. The number of esters is 1. The summed E-state index contributed by atoms with van der Waals surface area (Å²) in [5.74, 6) is -0.829. The van der Waals surface area contributed by atoms with Crippen LogP contribution in [0.1, 0.15) is 46.6 Å². The molecule has 0 saturated carbocycles. The van der Waals surface area contributed by atoms with Crippen molar-refractivity contribution in [1.82, 2.24) is 10.6 Å². The van der Waals surface area contributed by atoms with E-state index in [1.54, 1.807) is 20.8 Å². The van der Waals surface area contributed by atoms with E-state index in [0.717, 1.165) is 5.56 Å². The highest BCUT2D eigenvalue weighted by molar-refractivity contribution is 5.90. The normalized spacial score (nSPS) is 20.3. The van der Waals surface area contributed by atoms with Crippen LogP contribution in [0.3, 0.4) is 0 Å². The molecule has 1 aromatic carbocycles. The summed E-state index contributed by atoms with van der Waals surface area (Å²) in [5.41, 5.74) is 0.316. The Balaban J connectivity index is 2.09. The van der Waals surface area contributed by atoms with E-state index in [1.165, 1.54) is 0 Å². The van der Waals surface area contributed by atoms with Crippen molar-refractivity contribution < 1.29 is 23.9 Å². The fourth-order valence-electron chi connectivity index (χ4n) is 3.03. The van der Waals surface area contributed by atoms with Crippen molar-refractivity contribution in [1.29, 1.82) is 0 Å². The van der Waals surface area contributed by atoms with Crippen molar-refractivity contribution >= 4 is 18.0 Å². The third kappa shape index (κ3) is 6.55. The van der Waals surface area contributed by atoms with Gasteiger partial charge in [-0.1, -0.05) is 44.2 Å². The van der Waals surface area contributed by atoms with Crippen LogP contribution < -0.4 is 10.6 Å². The zero-order chi connectivity index (χ0) is 20.9. The largest absolute Gasteiger partial charge is 0.458 e. The van der Waals surface area contributed by atoms with Crippen molar-refractivity contribution in [2.45, 2.75) is 71.2 Å². The maximum atomic E-state index is 12.8. The van der Waals surface area contributed by atoms with Crippen LogP contribution in [0, 0.1) is 5.92 Å². The molecule has 0 bridgehead atoms. The molecule has 0 radical (unpaired) electrons. The highest BCUT2D eigenvalue weighted by Gasteiger charge is 2.41. The molecule has 0 aliphatic carbocycles. The smallest absolute Gasteiger partial charge is 0.408 e. The minimum absolute atomic E-state index is 0.169. The van der Waals surface area contributed by atoms with Gasteiger partial charge in [0.15, 0.2) is 0 Å². The van der Waals surface area contributed by atoms with Gasteiger partial charge in [0.2, 0.25) is 6.10 Å². The van der Waals surface area contributed by atoms with Gasteiger partial charge in [0.25, 0.3) is 5.91 Å². The molecule has 0 aromatic heterocycles. The predicted molar refractivity (Wildman–Crippen MR) is 105 cm³/mol. The van der Waals surface area contributed by atoms with Crippen LogP contribution in [0.25, 0.3) is 0 Å². The molecule has 0 spiro atoms. The Morgan fingerprint density at radius 1 is 1.21 bits per heavy atom. The maximum absolute atomic E-state index is 12.8. The zero-order valence-corrected chi connectivity index (χ0v) is 17.2. The molecule has 154 valence electrons. The number of rotatable bonds is 7. The van der Waals surface area contributed by atoms with E-state index in [2.05, 4.69) is 10.6 Å². The van der Waals surface area contributed by atoms with E-state index in [0.29, 0.717) is 12.8 Å². The van der Waals surface area contributed by atoms with Gasteiger partial charge in [0.1, 0.15) is 11.6 Å². The number of ether oxygens (including phenoxy) is 2. The molecule has 7 nitrogen and oxygen atoms in total. The maximum Gasteiger partial charge on any atom is 0.408 e. The molecule has 1 aromatic rings. The quantitative estimate of drug-likeness (QED) is 0.698. The minimum atomic E-state index is -1.01. The first kappa shape index (κ1) is 21.7. The summed E-state index contributed by atoms with van der Waals surface area (Å²) in [6, 6.07) is 8.21. The first-order valence-electron chi connectivity index (χ1n) is 9.59. The Morgan fingerprint density at radius 2 is 1.86 bits per heavy atom. The van der Waals surface area contributed by atoms with Crippen LogP contribution in [0.15, 0.2) is 30.3 Å². The third-order valence-electron chi connectivity index (χ3n) is 4.17. The molecule has 1 saturated heterocycles. The molecule has 1 aliphatic rings. The lowest BCUT2D eigenvalue weighted by atomic mass is 10.00. The van der Waals surface area contributed by atoms with Gasteiger partial charge in [-0.2, -0.15) is 0 Å². The number of nitrogens with one attached hydrogen (secondary N) is 2. The predicted octanol–water partition coefficient (Wildman–Crippen LogP) is 2.58. The molecule has 1 fully saturated rings. The summed E-state index contributed by atoms with van der Waals surface area (Å²) in [6.45, 7) is 9.24. The molecule has 7 heteroatoms. The summed E-state index contributed by atoms with van der Waals surface area (Å²) in [7, 11) is 0. The van der Waals surface area contributed by atoms with Crippen molar-refractivity contribution in [2.24, 2.45) is 5.92 Å². The summed E-state index contributed by atoms with van der Waals surface area (Å²) in [6.07, 6.45) is -0.770. The summed E-state index contributed by atoms with van der Waals surface area (Å²) >= 11 is 0. The van der Waals surface area contributed by atoms with E-state index < -0.39 is 41.8 Å². The molecular weight excluding hydrogens is 360 g/mol. The average molecular weight is 390 g/mol. The topological polar surface area (TPSA) is 93.7 Å². The van der Waals surface area contributed by atoms with Crippen LogP contribution in [0.5, 0.6) is 0 Å². The van der Waals surface area contributed by atoms with Crippen LogP contribution in [0.4, 0.5) is 4.79 Å². The Hall–Kier alpha value is -2.57. The summed E-state index contributed by atoms with van der Waals surface area (Å²) in [5, 5.41) is 5.39. The van der Waals surface area contributed by atoms with Crippen LogP contribution in [0.2, 0.25) is 0 Å². The first-order valence-corrected chi connectivity index (χ1v) is 9.59. The van der Waals surface area contributed by atoms with Gasteiger partial charge in [-0.25, -0.2) is 9.59 Å². The van der Waals surface area contributed by atoms with E-state index in [-0.39, 0.29) is 5.92 Å². The molecule has 28 heavy (non-hydrogen) atoms. The molecular formula is C21H30N2O5. The van der Waals surface area contributed by atoms with Crippen molar-refractivity contribution in [3.8, 4) is 0 Å². The van der Waals surface area contributed by atoms with Gasteiger partial charge in [0, 0.05) is 0 Å². The molecule has 0 unspecified atom stereocenters. The second-order valence-electron chi connectivity index (χ2n) is 8.49. The van der Waals surface area contributed by atoms with Gasteiger partial charge in [0.05, 0.1) is 6.04 Å². The Bertz CT molecular complexity index is 696. The molecule has 2 amide bonds. The fourth-order valence-corrected chi connectivity index (χ4v) is 3.03. The molecule has 1 aliphatic heterocycles. The summed E-state index contributed by atoms with van der Waals surface area (Å²) in [4.78, 5) is 37.1. The van der Waals surface area contributed by atoms with Crippen molar-refractivity contribution in [3.63, 3.8) is 0 Å². The van der Waals surface area contributed by atoms with Gasteiger partial charge < -0.3 is 20.1 Å². The van der Waals surface area contributed by atoms with Crippen LogP contribution in [-0.2, 0) is 25.5 Å². The van der Waals surface area contributed by atoms with E-state index >= 15 is 0 Å². The molecule has 2 N–H and O–H groups in total. The average Bonchev–Trinajstić information content (AvgIpc) is 2.93. The molecule has 1 heterocycles. The van der Waals surface area contributed by atoms with Crippen LogP contribution in [-0.4, -0.2) is 41.8 Å². The summed E-state index contributed by atoms with van der Waals surface area (Å²) < 4.78 is 10.6. The van der Waals surface area contributed by atoms with Gasteiger partial charge >= 0.3 is 12.1 Å². The van der Waals surface area contributed by atoms with Gasteiger partial charge in [-0.05, 0) is 45.1 Å². The Kier molecular flexibility index (Phi) is 7.05. The van der Waals surface area contributed by atoms with Gasteiger partial charge in [-0.3, -0.25) is 4.79 Å². The van der Waals surface area contributed by atoms with E-state index in [4.69, 9.17) is 9.47 Å². The Morgan fingerprint density at radius 3 is 2.43 bits per heavy atom. The van der Waals surface area contributed by atoms with Crippen molar-refractivity contribution in [2.75, 3.05) is 0 Å². The van der Waals surface area contributed by atoms with Crippen molar-refractivity contribution in [3.05, 3.63) is 35.9 Å². The number of hydrogen-bond donors (Lipinski definition) is 2. The fraction of sp³-hybridized carbons (Fsp3) is 0.571. The van der Waals surface area contributed by atoms with E-state index in [1.807, 2.05) is 44.2 Å². The zero-order valence-electron chi connectivity index (χ0n) is 17.2. The Labute approximate surface area is 166 Å². The lowest BCUT2D eigenvalue weighted by molar-refractivity contribution is -0.159. The lowest BCUT2D eigenvalue weighted by Crippen LogP contribution is -2.51. The monoisotopic (exact) mass is 390 g/mol. The number of benzene rings is 1. The molecule has 3 atom stereocenters.